The van der Waals surface area contributed by atoms with Gasteiger partial charge in [0, 0.05) is 6.42 Å². The van der Waals surface area contributed by atoms with E-state index in [1.54, 1.807) is 6.07 Å². The van der Waals surface area contributed by atoms with Crippen LogP contribution in [-0.2, 0) is 4.74 Å². The molecule has 2 aromatic rings. The zero-order chi connectivity index (χ0) is 12.5. The standard InChI is InChI=1S/C12H11NO5/c14-11(15)7-1-2-9-10(5-7)18-12(13-9)17-8-3-4-16-6-8/h1-2,5,8H,3-4,6H2,(H,14,15). The van der Waals surface area contributed by atoms with Crippen LogP contribution >= 0.6 is 0 Å². The molecule has 1 saturated heterocycles. The predicted octanol–water partition coefficient (Wildman–Crippen LogP) is 1.69. The molecule has 0 spiro atoms. The first-order valence-corrected chi connectivity index (χ1v) is 5.60. The lowest BCUT2D eigenvalue weighted by atomic mass is 10.2. The van der Waals surface area contributed by atoms with Gasteiger partial charge in [-0.1, -0.05) is 0 Å². The van der Waals surface area contributed by atoms with Gasteiger partial charge in [-0.3, -0.25) is 0 Å². The highest BCUT2D eigenvalue weighted by Gasteiger charge is 2.20. The number of rotatable bonds is 3. The number of ether oxygens (including phenoxy) is 2. The molecule has 0 bridgehead atoms. The van der Waals surface area contributed by atoms with Crippen LogP contribution in [0, 0.1) is 0 Å². The van der Waals surface area contributed by atoms with E-state index < -0.39 is 5.97 Å². The van der Waals surface area contributed by atoms with Crippen molar-refractivity contribution in [3.63, 3.8) is 0 Å². The van der Waals surface area contributed by atoms with Crippen molar-refractivity contribution < 1.29 is 23.8 Å². The largest absolute Gasteiger partial charge is 0.478 e. The molecule has 94 valence electrons. The molecule has 2 heterocycles. The first-order chi connectivity index (χ1) is 8.72. The Kier molecular flexibility index (Phi) is 2.64. The third kappa shape index (κ3) is 2.02. The summed E-state index contributed by atoms with van der Waals surface area (Å²) in [5.74, 6) is -1.00. The van der Waals surface area contributed by atoms with E-state index in [-0.39, 0.29) is 17.7 Å². The van der Waals surface area contributed by atoms with Crippen LogP contribution < -0.4 is 4.74 Å². The fraction of sp³-hybridized carbons (Fsp3) is 0.333. The Morgan fingerprint density at radius 3 is 3.11 bits per heavy atom. The number of nitrogens with zero attached hydrogens (tertiary/aromatic N) is 1. The number of benzene rings is 1. The molecule has 6 heteroatoms. The fourth-order valence-electron chi connectivity index (χ4n) is 1.84. The Morgan fingerprint density at radius 2 is 2.39 bits per heavy atom. The molecule has 1 fully saturated rings. The molecule has 0 radical (unpaired) electrons. The third-order valence-corrected chi connectivity index (χ3v) is 2.77. The average molecular weight is 249 g/mol. The van der Waals surface area contributed by atoms with E-state index in [9.17, 15) is 4.79 Å². The molecule has 1 aliphatic heterocycles. The molecule has 6 nitrogen and oxygen atoms in total. The number of aromatic carboxylic acids is 1. The van der Waals surface area contributed by atoms with Crippen LogP contribution in [-0.4, -0.2) is 35.4 Å². The Hall–Kier alpha value is -2.08. The van der Waals surface area contributed by atoms with Gasteiger partial charge < -0.3 is 19.0 Å². The summed E-state index contributed by atoms with van der Waals surface area (Å²) in [4.78, 5) is 15.0. The van der Waals surface area contributed by atoms with E-state index in [1.165, 1.54) is 12.1 Å². The molecule has 18 heavy (non-hydrogen) atoms. The van der Waals surface area contributed by atoms with Crippen molar-refractivity contribution in [3.8, 4) is 6.08 Å². The molecule has 1 atom stereocenters. The first kappa shape index (κ1) is 11.0. The minimum absolute atomic E-state index is 0.0444. The van der Waals surface area contributed by atoms with Crippen LogP contribution in [0.5, 0.6) is 6.08 Å². The molecule has 1 aromatic heterocycles. The topological polar surface area (TPSA) is 81.8 Å². The maximum absolute atomic E-state index is 10.8. The second-order valence-electron chi connectivity index (χ2n) is 4.07. The number of aromatic nitrogens is 1. The molecule has 0 amide bonds. The quantitative estimate of drug-likeness (QED) is 0.891. The molecule has 1 N–H and O–H groups in total. The molecule has 1 aliphatic rings. The molecule has 3 rings (SSSR count). The molecular weight excluding hydrogens is 238 g/mol. The van der Waals surface area contributed by atoms with Gasteiger partial charge >= 0.3 is 12.0 Å². The van der Waals surface area contributed by atoms with Crippen molar-refractivity contribution in [2.45, 2.75) is 12.5 Å². The summed E-state index contributed by atoms with van der Waals surface area (Å²) < 4.78 is 16.1. The van der Waals surface area contributed by atoms with E-state index in [0.717, 1.165) is 6.42 Å². The van der Waals surface area contributed by atoms with Gasteiger partial charge in [0.25, 0.3) is 0 Å². The van der Waals surface area contributed by atoms with Crippen LogP contribution in [0.2, 0.25) is 0 Å². The second kappa shape index (κ2) is 4.30. The number of fused-ring (bicyclic) bond motifs is 1. The molecule has 0 aliphatic carbocycles. The monoisotopic (exact) mass is 249 g/mol. The van der Waals surface area contributed by atoms with Gasteiger partial charge in [0.05, 0.1) is 18.8 Å². The Labute approximate surface area is 102 Å². The van der Waals surface area contributed by atoms with Crippen molar-refractivity contribution in [2.24, 2.45) is 0 Å². The molecule has 1 aromatic carbocycles. The van der Waals surface area contributed by atoms with E-state index in [4.69, 9.17) is 19.0 Å². The van der Waals surface area contributed by atoms with E-state index >= 15 is 0 Å². The average Bonchev–Trinajstić information content (AvgIpc) is 2.96. The molecule has 0 saturated carbocycles. The summed E-state index contributed by atoms with van der Waals surface area (Å²) in [7, 11) is 0. The highest BCUT2D eigenvalue weighted by molar-refractivity contribution is 5.91. The highest BCUT2D eigenvalue weighted by atomic mass is 16.6. The summed E-state index contributed by atoms with van der Waals surface area (Å²) >= 11 is 0. The zero-order valence-electron chi connectivity index (χ0n) is 9.46. The van der Waals surface area contributed by atoms with Gasteiger partial charge in [-0.15, -0.1) is 0 Å². The van der Waals surface area contributed by atoms with Crippen LogP contribution in [0.1, 0.15) is 16.8 Å². The van der Waals surface area contributed by atoms with Crippen molar-refractivity contribution >= 4 is 17.1 Å². The number of carbonyl (C=O) groups is 1. The van der Waals surface area contributed by atoms with Gasteiger partial charge in [-0.05, 0) is 18.2 Å². The lowest BCUT2D eigenvalue weighted by Crippen LogP contribution is -2.15. The van der Waals surface area contributed by atoms with Crippen molar-refractivity contribution in [1.82, 2.24) is 4.98 Å². The summed E-state index contributed by atoms with van der Waals surface area (Å²) in [6.07, 6.45) is 0.916. The minimum atomic E-state index is -1.00. The lowest BCUT2D eigenvalue weighted by molar-refractivity contribution is 0.0696. The van der Waals surface area contributed by atoms with Gasteiger partial charge in [0.1, 0.15) is 11.6 Å². The fourth-order valence-corrected chi connectivity index (χ4v) is 1.84. The predicted molar refractivity (Wildman–Crippen MR) is 60.8 cm³/mol. The minimum Gasteiger partial charge on any atom is -0.478 e. The first-order valence-electron chi connectivity index (χ1n) is 5.60. The van der Waals surface area contributed by atoms with Gasteiger partial charge in [0.2, 0.25) is 0 Å². The van der Waals surface area contributed by atoms with Gasteiger partial charge in [-0.25, -0.2) is 4.79 Å². The zero-order valence-corrected chi connectivity index (χ0v) is 9.46. The van der Waals surface area contributed by atoms with E-state index in [2.05, 4.69) is 4.98 Å². The molecule has 1 unspecified atom stereocenters. The number of hydrogen-bond acceptors (Lipinski definition) is 5. The van der Waals surface area contributed by atoms with Crippen LogP contribution in [0.3, 0.4) is 0 Å². The second-order valence-corrected chi connectivity index (χ2v) is 4.07. The lowest BCUT2D eigenvalue weighted by Gasteiger charge is -2.05. The third-order valence-electron chi connectivity index (χ3n) is 2.77. The summed E-state index contributed by atoms with van der Waals surface area (Å²) in [6.45, 7) is 1.20. The number of carboxylic acid groups (broad SMARTS) is 1. The SMILES string of the molecule is O=C(O)c1ccc2nc(OC3CCOC3)oc2c1. The van der Waals surface area contributed by atoms with Gasteiger partial charge in [-0.2, -0.15) is 4.98 Å². The van der Waals surface area contributed by atoms with E-state index in [1.807, 2.05) is 0 Å². The number of oxazole rings is 1. The summed E-state index contributed by atoms with van der Waals surface area (Å²) in [5.41, 5.74) is 1.15. The Balaban J connectivity index is 1.87. The maximum Gasteiger partial charge on any atom is 0.395 e. The normalized spacial score (nSPS) is 19.2. The maximum atomic E-state index is 10.8. The van der Waals surface area contributed by atoms with Crippen molar-refractivity contribution in [3.05, 3.63) is 23.8 Å². The van der Waals surface area contributed by atoms with E-state index in [0.29, 0.717) is 24.3 Å². The summed E-state index contributed by atoms with van der Waals surface area (Å²) in [6, 6.07) is 4.51. The van der Waals surface area contributed by atoms with Crippen LogP contribution in [0.25, 0.3) is 11.1 Å². The van der Waals surface area contributed by atoms with Crippen LogP contribution in [0.15, 0.2) is 22.6 Å². The van der Waals surface area contributed by atoms with Crippen molar-refractivity contribution in [1.29, 1.82) is 0 Å². The Morgan fingerprint density at radius 1 is 1.50 bits per heavy atom. The Bertz CT molecular complexity index is 585. The van der Waals surface area contributed by atoms with Gasteiger partial charge in [0.15, 0.2) is 5.58 Å². The molecular formula is C12H11NO5. The number of carboxylic acids is 1. The van der Waals surface area contributed by atoms with Crippen molar-refractivity contribution in [2.75, 3.05) is 13.2 Å². The highest BCUT2D eigenvalue weighted by Crippen LogP contribution is 2.23. The van der Waals surface area contributed by atoms with Crippen LogP contribution in [0.4, 0.5) is 0 Å². The summed E-state index contributed by atoms with van der Waals surface area (Å²) in [5, 5.41) is 8.87. The number of hydrogen-bond donors (Lipinski definition) is 1. The smallest absolute Gasteiger partial charge is 0.395 e.